The summed E-state index contributed by atoms with van der Waals surface area (Å²) < 4.78 is 39.0. The first kappa shape index (κ1) is 18.0. The highest BCUT2D eigenvalue weighted by Crippen LogP contribution is 2.36. The SMILES string of the molecule is CCN1CCN(CC(=O)Nc2ccc(Cl)cc2C(F)(F)F)CC1. The highest BCUT2D eigenvalue weighted by molar-refractivity contribution is 6.30. The van der Waals surface area contributed by atoms with Crippen LogP contribution in [-0.2, 0) is 11.0 Å². The number of anilines is 1. The average Bonchev–Trinajstić information content (AvgIpc) is 2.49. The van der Waals surface area contributed by atoms with Gasteiger partial charge in [-0.05, 0) is 24.7 Å². The van der Waals surface area contributed by atoms with Crippen molar-refractivity contribution in [1.29, 1.82) is 0 Å². The van der Waals surface area contributed by atoms with Crippen molar-refractivity contribution in [2.75, 3.05) is 44.6 Å². The molecule has 1 heterocycles. The van der Waals surface area contributed by atoms with Crippen LogP contribution in [-0.4, -0.2) is 55.0 Å². The molecule has 0 spiro atoms. The maximum atomic E-state index is 13.0. The molecule has 4 nitrogen and oxygen atoms in total. The number of alkyl halides is 3. The Balaban J connectivity index is 1.98. The normalized spacial score (nSPS) is 17.3. The summed E-state index contributed by atoms with van der Waals surface area (Å²) in [6.07, 6.45) is -4.57. The molecule has 0 aliphatic carbocycles. The molecule has 1 aliphatic heterocycles. The number of hydrogen-bond acceptors (Lipinski definition) is 3. The van der Waals surface area contributed by atoms with Crippen molar-refractivity contribution < 1.29 is 18.0 Å². The number of amides is 1. The monoisotopic (exact) mass is 349 g/mol. The Hall–Kier alpha value is -1.31. The number of nitrogens with one attached hydrogen (secondary N) is 1. The third-order valence-electron chi connectivity index (χ3n) is 3.84. The van der Waals surface area contributed by atoms with Gasteiger partial charge < -0.3 is 10.2 Å². The van der Waals surface area contributed by atoms with E-state index in [9.17, 15) is 18.0 Å². The Bertz CT molecular complexity index is 557. The molecule has 1 aliphatic rings. The van der Waals surface area contributed by atoms with Crippen molar-refractivity contribution in [2.24, 2.45) is 0 Å². The number of piperazine rings is 1. The lowest BCUT2D eigenvalue weighted by molar-refractivity contribution is -0.137. The number of likely N-dealkylation sites (N-methyl/N-ethyl adjacent to an activating group) is 1. The van der Waals surface area contributed by atoms with Gasteiger partial charge in [0.25, 0.3) is 0 Å². The maximum Gasteiger partial charge on any atom is 0.418 e. The topological polar surface area (TPSA) is 35.6 Å². The Morgan fingerprint density at radius 2 is 1.83 bits per heavy atom. The van der Waals surface area contributed by atoms with Gasteiger partial charge in [-0.1, -0.05) is 18.5 Å². The number of nitrogens with zero attached hydrogens (tertiary/aromatic N) is 2. The van der Waals surface area contributed by atoms with Crippen LogP contribution < -0.4 is 5.32 Å². The van der Waals surface area contributed by atoms with Crippen LogP contribution in [0.4, 0.5) is 18.9 Å². The van der Waals surface area contributed by atoms with Crippen molar-refractivity contribution in [3.63, 3.8) is 0 Å². The van der Waals surface area contributed by atoms with E-state index in [4.69, 9.17) is 11.6 Å². The Kier molecular flexibility index (Phi) is 5.89. The van der Waals surface area contributed by atoms with E-state index in [2.05, 4.69) is 17.1 Å². The zero-order chi connectivity index (χ0) is 17.0. The standard InChI is InChI=1S/C15H19ClF3N3O/c1-2-21-5-7-22(8-6-21)10-14(23)20-13-4-3-11(16)9-12(13)15(17,18)19/h3-4,9H,2,5-8,10H2,1H3,(H,20,23). The fourth-order valence-electron chi connectivity index (χ4n) is 2.52. The molecule has 1 amide bonds. The summed E-state index contributed by atoms with van der Waals surface area (Å²) >= 11 is 5.62. The van der Waals surface area contributed by atoms with Gasteiger partial charge in [0.1, 0.15) is 0 Å². The number of carbonyl (C=O) groups excluding carboxylic acids is 1. The van der Waals surface area contributed by atoms with Crippen LogP contribution in [0, 0.1) is 0 Å². The van der Waals surface area contributed by atoms with Crippen molar-refractivity contribution in [1.82, 2.24) is 9.80 Å². The predicted octanol–water partition coefficient (Wildman–Crippen LogP) is 2.93. The van der Waals surface area contributed by atoms with Gasteiger partial charge in [-0.25, -0.2) is 0 Å². The Morgan fingerprint density at radius 1 is 1.22 bits per heavy atom. The molecule has 0 radical (unpaired) electrons. The van der Waals surface area contributed by atoms with E-state index >= 15 is 0 Å². The van der Waals surface area contributed by atoms with Crippen LogP contribution in [0.3, 0.4) is 0 Å². The van der Waals surface area contributed by atoms with Gasteiger partial charge in [-0.15, -0.1) is 0 Å². The lowest BCUT2D eigenvalue weighted by atomic mass is 10.1. The van der Waals surface area contributed by atoms with Gasteiger partial charge in [0, 0.05) is 31.2 Å². The summed E-state index contributed by atoms with van der Waals surface area (Å²) in [6.45, 7) is 6.29. The van der Waals surface area contributed by atoms with Crippen LogP contribution >= 0.6 is 11.6 Å². The molecule has 128 valence electrons. The van der Waals surface area contributed by atoms with Crippen LogP contribution in [0.5, 0.6) is 0 Å². The molecule has 1 saturated heterocycles. The Labute approximate surface area is 138 Å². The number of rotatable bonds is 4. The maximum absolute atomic E-state index is 13.0. The molecule has 0 saturated carbocycles. The molecule has 0 unspecified atom stereocenters. The minimum absolute atomic E-state index is 0.0222. The highest BCUT2D eigenvalue weighted by Gasteiger charge is 2.34. The van der Waals surface area contributed by atoms with Gasteiger partial charge in [0.15, 0.2) is 0 Å². The molecule has 1 fully saturated rings. The number of hydrogen-bond donors (Lipinski definition) is 1. The van der Waals surface area contributed by atoms with Crippen molar-refractivity contribution in [3.05, 3.63) is 28.8 Å². The first-order valence-electron chi connectivity index (χ1n) is 7.41. The van der Waals surface area contributed by atoms with E-state index in [1.807, 2.05) is 4.90 Å². The summed E-state index contributed by atoms with van der Waals surface area (Å²) in [5, 5.41) is 2.32. The first-order chi connectivity index (χ1) is 10.8. The van der Waals surface area contributed by atoms with E-state index in [-0.39, 0.29) is 17.3 Å². The summed E-state index contributed by atoms with van der Waals surface area (Å²) in [5.74, 6) is -0.456. The third-order valence-corrected chi connectivity index (χ3v) is 4.08. The molecular weight excluding hydrogens is 331 g/mol. The van der Waals surface area contributed by atoms with E-state index in [0.717, 1.165) is 38.8 Å². The van der Waals surface area contributed by atoms with Crippen LogP contribution in [0.25, 0.3) is 0 Å². The molecule has 0 atom stereocenters. The lowest BCUT2D eigenvalue weighted by Gasteiger charge is -2.33. The fourth-order valence-corrected chi connectivity index (χ4v) is 2.69. The van der Waals surface area contributed by atoms with Crippen molar-refractivity contribution >= 4 is 23.2 Å². The van der Waals surface area contributed by atoms with Gasteiger partial charge in [0.05, 0.1) is 17.8 Å². The van der Waals surface area contributed by atoms with Gasteiger partial charge >= 0.3 is 6.18 Å². The van der Waals surface area contributed by atoms with E-state index in [0.29, 0.717) is 0 Å². The van der Waals surface area contributed by atoms with Gasteiger partial charge in [0.2, 0.25) is 5.91 Å². The molecule has 1 aromatic carbocycles. The second-order valence-corrected chi connectivity index (χ2v) is 5.88. The molecule has 8 heteroatoms. The minimum atomic E-state index is -4.57. The summed E-state index contributed by atoms with van der Waals surface area (Å²) in [4.78, 5) is 16.2. The van der Waals surface area contributed by atoms with Crippen LogP contribution in [0.1, 0.15) is 12.5 Å². The average molecular weight is 350 g/mol. The highest BCUT2D eigenvalue weighted by atomic mass is 35.5. The summed E-state index contributed by atoms with van der Waals surface area (Å²) in [7, 11) is 0. The predicted molar refractivity (Wildman–Crippen MR) is 83.6 cm³/mol. The second kappa shape index (κ2) is 7.51. The zero-order valence-electron chi connectivity index (χ0n) is 12.8. The zero-order valence-corrected chi connectivity index (χ0v) is 13.5. The summed E-state index contributed by atoms with van der Waals surface area (Å²) in [5.41, 5.74) is -1.20. The molecule has 1 aromatic rings. The summed E-state index contributed by atoms with van der Waals surface area (Å²) in [6, 6.07) is 3.32. The van der Waals surface area contributed by atoms with Gasteiger partial charge in [-0.2, -0.15) is 13.2 Å². The number of benzene rings is 1. The largest absolute Gasteiger partial charge is 0.418 e. The quantitative estimate of drug-likeness (QED) is 0.908. The molecule has 1 N–H and O–H groups in total. The third kappa shape index (κ3) is 5.09. The molecule has 0 bridgehead atoms. The van der Waals surface area contributed by atoms with E-state index < -0.39 is 17.6 Å². The molecule has 2 rings (SSSR count). The molecule has 0 aromatic heterocycles. The van der Waals surface area contributed by atoms with Crippen LogP contribution in [0.2, 0.25) is 5.02 Å². The fraction of sp³-hybridized carbons (Fsp3) is 0.533. The van der Waals surface area contributed by atoms with Crippen molar-refractivity contribution in [2.45, 2.75) is 13.1 Å². The number of halogens is 4. The molecular formula is C15H19ClF3N3O. The Morgan fingerprint density at radius 3 is 2.39 bits per heavy atom. The smallest absolute Gasteiger partial charge is 0.324 e. The lowest BCUT2D eigenvalue weighted by Crippen LogP contribution is -2.48. The van der Waals surface area contributed by atoms with E-state index in [1.165, 1.54) is 12.1 Å². The van der Waals surface area contributed by atoms with Crippen molar-refractivity contribution in [3.8, 4) is 0 Å². The molecule has 23 heavy (non-hydrogen) atoms. The second-order valence-electron chi connectivity index (χ2n) is 5.45. The number of carbonyl (C=O) groups is 1. The van der Waals surface area contributed by atoms with Crippen LogP contribution in [0.15, 0.2) is 18.2 Å². The van der Waals surface area contributed by atoms with Gasteiger partial charge in [-0.3, -0.25) is 9.69 Å². The minimum Gasteiger partial charge on any atom is -0.324 e. The first-order valence-corrected chi connectivity index (χ1v) is 7.78. The van der Waals surface area contributed by atoms with E-state index in [1.54, 1.807) is 0 Å².